The smallest absolute Gasteiger partial charge is 0.171 e. The minimum atomic E-state index is -3.12. The van der Waals surface area contributed by atoms with Gasteiger partial charge in [-0.05, 0) is 46.9 Å². The average Bonchev–Trinajstić information content (AvgIpc) is 3.29. The van der Waals surface area contributed by atoms with Gasteiger partial charge in [0.1, 0.15) is 0 Å². The minimum Gasteiger partial charge on any atom is -0.309 e. The summed E-state index contributed by atoms with van der Waals surface area (Å²) in [6.45, 7) is 0. The lowest BCUT2D eigenvalue weighted by Crippen LogP contribution is -2.25. The lowest BCUT2D eigenvalue weighted by Gasteiger charge is -2.30. The molecule has 0 bridgehead atoms. The average molecular weight is 763 g/mol. The fourth-order valence-electron chi connectivity index (χ4n) is 8.03. The van der Waals surface area contributed by atoms with Gasteiger partial charge in [-0.25, -0.2) is 0 Å². The van der Waals surface area contributed by atoms with Crippen LogP contribution in [0, 0.1) is 0 Å². The molecule has 56 heavy (non-hydrogen) atoms. The van der Waals surface area contributed by atoms with Gasteiger partial charge in [-0.1, -0.05) is 231 Å². The second-order valence-electron chi connectivity index (χ2n) is 14.3. The van der Waals surface area contributed by atoms with E-state index < -0.39 is 14.3 Å². The second-order valence-corrected chi connectivity index (χ2v) is 19.9. The Labute approximate surface area is 331 Å². The normalized spacial score (nSPS) is 12.8. The maximum Gasteiger partial charge on any atom is 0.171 e. The zero-order chi connectivity index (χ0) is 38.2. The summed E-state index contributed by atoms with van der Waals surface area (Å²) < 4.78 is 30.4. The Hall–Kier alpha value is -5.78. The summed E-state index contributed by atoms with van der Waals surface area (Å²) in [5.74, 6) is 0.235. The molecule has 0 aliphatic heterocycles. The first-order valence-electron chi connectivity index (χ1n) is 19.2. The predicted octanol–water partition coefficient (Wildman–Crippen LogP) is 10.3. The third-order valence-corrected chi connectivity index (χ3v) is 17.1. The van der Waals surface area contributed by atoms with Crippen molar-refractivity contribution in [3.63, 3.8) is 0 Å². The highest BCUT2D eigenvalue weighted by molar-refractivity contribution is 7.85. The molecule has 4 heteroatoms. The Morgan fingerprint density at radius 1 is 0.268 bits per heavy atom. The van der Waals surface area contributed by atoms with Crippen molar-refractivity contribution in [3.8, 4) is 0 Å². The second kappa shape index (κ2) is 16.9. The molecule has 0 heterocycles. The van der Waals surface area contributed by atoms with Crippen molar-refractivity contribution in [2.45, 2.75) is 24.7 Å². The summed E-state index contributed by atoms with van der Waals surface area (Å²) in [6.07, 6.45) is 1.63. The Bertz CT molecular complexity index is 2460. The molecule has 0 spiro atoms. The maximum atomic E-state index is 15.2. The maximum absolute atomic E-state index is 15.2. The zero-order valence-corrected chi connectivity index (χ0v) is 33.0. The lowest BCUT2D eigenvalue weighted by atomic mass is 9.75. The van der Waals surface area contributed by atoms with Gasteiger partial charge in [0.05, 0.1) is 0 Å². The van der Waals surface area contributed by atoms with Crippen molar-refractivity contribution < 1.29 is 9.13 Å². The molecule has 0 N–H and O–H groups in total. The summed E-state index contributed by atoms with van der Waals surface area (Å²) in [6, 6.07) is 78.0. The van der Waals surface area contributed by atoms with Gasteiger partial charge < -0.3 is 9.13 Å². The van der Waals surface area contributed by atoms with Gasteiger partial charge in [0, 0.05) is 31.8 Å². The molecule has 2 atom stereocenters. The Morgan fingerprint density at radius 2 is 0.518 bits per heavy atom. The minimum absolute atomic E-state index is 0.112. The number of benzene rings is 8. The Morgan fingerprint density at radius 3 is 0.875 bits per heavy atom. The molecule has 0 fully saturated rings. The fraction of sp³-hybridized carbons (Fsp3) is 0.0769. The van der Waals surface area contributed by atoms with Crippen LogP contribution in [0.5, 0.6) is 0 Å². The summed E-state index contributed by atoms with van der Waals surface area (Å²) in [5.41, 5.74) is 4.92. The van der Waals surface area contributed by atoms with Crippen LogP contribution in [0.15, 0.2) is 231 Å². The first-order chi connectivity index (χ1) is 27.5. The first kappa shape index (κ1) is 37.2. The monoisotopic (exact) mass is 762 g/mol. The molecule has 0 saturated heterocycles. The third kappa shape index (κ3) is 7.69. The summed E-state index contributed by atoms with van der Waals surface area (Å²) in [4.78, 5) is 0. The van der Waals surface area contributed by atoms with Gasteiger partial charge in [0.15, 0.2) is 14.3 Å². The molecule has 0 aromatic heterocycles. The van der Waals surface area contributed by atoms with Gasteiger partial charge in [0.2, 0.25) is 0 Å². The lowest BCUT2D eigenvalue weighted by molar-refractivity contribution is 0.531. The van der Waals surface area contributed by atoms with E-state index in [-0.39, 0.29) is 11.8 Å². The molecule has 0 aliphatic carbocycles. The van der Waals surface area contributed by atoms with Crippen molar-refractivity contribution in [1.29, 1.82) is 0 Å². The van der Waals surface area contributed by atoms with Crippen LogP contribution in [0.25, 0.3) is 0 Å². The Balaban J connectivity index is 1.19. The molecule has 0 aliphatic rings. The topological polar surface area (TPSA) is 34.1 Å². The standard InChI is InChI=1S/C52H44O2P2/c53-55(45-23-11-3-12-24-45,46-25-13-4-14-26-46)49-35-31-42(32-36-49)40-51(43-21-9-2-10-22-43)52(39-41-19-7-1-8-20-41)44-33-37-50(38-34-44)56(54,47-27-15-5-16-28-47)48-29-17-6-18-30-48/h1-38,51-52H,39-40H2. The predicted molar refractivity (Wildman–Crippen MR) is 237 cm³/mol. The van der Waals surface area contributed by atoms with E-state index in [1.807, 2.05) is 121 Å². The van der Waals surface area contributed by atoms with E-state index >= 15 is 9.13 Å². The number of hydrogen-bond donors (Lipinski definition) is 0. The van der Waals surface area contributed by atoms with Gasteiger partial charge in [0.25, 0.3) is 0 Å². The van der Waals surface area contributed by atoms with Crippen molar-refractivity contribution in [2.24, 2.45) is 0 Å². The van der Waals surface area contributed by atoms with Crippen LogP contribution in [-0.4, -0.2) is 0 Å². The van der Waals surface area contributed by atoms with Gasteiger partial charge >= 0.3 is 0 Å². The van der Waals surface area contributed by atoms with Crippen LogP contribution < -0.4 is 31.8 Å². The van der Waals surface area contributed by atoms with Crippen molar-refractivity contribution in [3.05, 3.63) is 253 Å². The highest BCUT2D eigenvalue weighted by Crippen LogP contribution is 2.45. The van der Waals surface area contributed by atoms with E-state index in [9.17, 15) is 0 Å². The zero-order valence-electron chi connectivity index (χ0n) is 31.2. The SMILES string of the molecule is O=P(c1ccccc1)(c1ccccc1)c1ccc(CC(c2ccccc2)C(Cc2ccccc2)c2ccc(P(=O)(c3ccccc3)c3ccccc3)cc2)cc1. The summed E-state index contributed by atoms with van der Waals surface area (Å²) >= 11 is 0. The fourth-order valence-corrected chi connectivity index (χ4v) is 13.3. The van der Waals surface area contributed by atoms with Crippen molar-refractivity contribution >= 4 is 46.1 Å². The largest absolute Gasteiger partial charge is 0.309 e. The molecule has 2 nitrogen and oxygen atoms in total. The summed E-state index contributed by atoms with van der Waals surface area (Å²) in [7, 11) is -6.20. The Kier molecular flexibility index (Phi) is 11.2. The molecule has 0 amide bonds. The molecule has 8 rings (SSSR count). The highest BCUT2D eigenvalue weighted by atomic mass is 31.2. The van der Waals surface area contributed by atoms with Gasteiger partial charge in [-0.2, -0.15) is 0 Å². The van der Waals surface area contributed by atoms with Crippen LogP contribution in [0.4, 0.5) is 0 Å². The molecule has 8 aromatic rings. The van der Waals surface area contributed by atoms with Crippen LogP contribution in [0.2, 0.25) is 0 Å². The van der Waals surface area contributed by atoms with Gasteiger partial charge in [-0.15, -0.1) is 0 Å². The molecule has 2 unspecified atom stereocenters. The van der Waals surface area contributed by atoms with E-state index in [4.69, 9.17) is 0 Å². The highest BCUT2D eigenvalue weighted by Gasteiger charge is 2.32. The number of hydrogen-bond acceptors (Lipinski definition) is 2. The van der Waals surface area contributed by atoms with Gasteiger partial charge in [-0.3, -0.25) is 0 Å². The van der Waals surface area contributed by atoms with E-state index in [1.165, 1.54) is 22.3 Å². The van der Waals surface area contributed by atoms with E-state index in [0.717, 1.165) is 44.7 Å². The molecule has 0 saturated carbocycles. The molecular formula is C52H44O2P2. The molecule has 274 valence electrons. The van der Waals surface area contributed by atoms with E-state index in [1.54, 1.807) is 0 Å². The van der Waals surface area contributed by atoms with E-state index in [2.05, 4.69) is 109 Å². The van der Waals surface area contributed by atoms with Crippen molar-refractivity contribution in [2.75, 3.05) is 0 Å². The number of rotatable bonds is 13. The van der Waals surface area contributed by atoms with Crippen LogP contribution in [0.1, 0.15) is 34.1 Å². The third-order valence-electron chi connectivity index (χ3n) is 10.9. The molecular weight excluding hydrogens is 719 g/mol. The van der Waals surface area contributed by atoms with Crippen LogP contribution in [0.3, 0.4) is 0 Å². The first-order valence-corrected chi connectivity index (χ1v) is 22.7. The van der Waals surface area contributed by atoms with Crippen LogP contribution >= 0.6 is 14.3 Å². The summed E-state index contributed by atoms with van der Waals surface area (Å²) in [5, 5.41) is 4.97. The molecule has 0 radical (unpaired) electrons. The van der Waals surface area contributed by atoms with Crippen molar-refractivity contribution in [1.82, 2.24) is 0 Å². The molecule has 8 aromatic carbocycles. The quantitative estimate of drug-likeness (QED) is 0.110. The van der Waals surface area contributed by atoms with Crippen LogP contribution in [-0.2, 0) is 22.0 Å². The van der Waals surface area contributed by atoms with E-state index in [0.29, 0.717) is 0 Å².